The molecule has 0 aromatic carbocycles. The highest BCUT2D eigenvalue weighted by Gasteiger charge is 2.19. The molecule has 1 aromatic heterocycles. The zero-order chi connectivity index (χ0) is 16.0. The molecule has 0 saturated carbocycles. The van der Waals surface area contributed by atoms with Gasteiger partial charge in [0.1, 0.15) is 4.88 Å². The Morgan fingerprint density at radius 3 is 2.52 bits per heavy atom. The van der Waals surface area contributed by atoms with Gasteiger partial charge in [-0.1, -0.05) is 0 Å². The number of carboxylic acids is 1. The first kappa shape index (κ1) is 16.4. The van der Waals surface area contributed by atoms with E-state index in [0.717, 1.165) is 11.3 Å². The van der Waals surface area contributed by atoms with Gasteiger partial charge in [-0.05, 0) is 17.9 Å². The number of amides is 3. The van der Waals surface area contributed by atoms with Gasteiger partial charge in [-0.15, -0.1) is 11.3 Å². The van der Waals surface area contributed by atoms with Gasteiger partial charge in [-0.2, -0.15) is 0 Å². The molecule has 0 spiro atoms. The van der Waals surface area contributed by atoms with Crippen molar-refractivity contribution in [2.75, 3.05) is 12.4 Å². The minimum Gasteiger partial charge on any atom is -0.478 e. The number of hydrogen-bond donors (Lipinski definition) is 3. The molecule has 0 fully saturated rings. The van der Waals surface area contributed by atoms with Crippen molar-refractivity contribution in [3.63, 3.8) is 0 Å². The maximum Gasteiger partial charge on any atom is 0.350 e. The standard InChI is InChI=1S/C12H12N2O6S/c1-6-5-21-10(11(18)20-2)9(6)14-12(19)13-7(15)3-4-8(16)17/h3-5H,1-2H3,(H,16,17)(H2,13,14,15,19)/b4-3+. The summed E-state index contributed by atoms with van der Waals surface area (Å²) in [5.41, 5.74) is 0.864. The number of thiophene rings is 1. The second-order valence-corrected chi connectivity index (χ2v) is 4.61. The molecule has 0 bridgehead atoms. The summed E-state index contributed by atoms with van der Waals surface area (Å²) >= 11 is 1.09. The van der Waals surface area contributed by atoms with Crippen LogP contribution in [0.5, 0.6) is 0 Å². The van der Waals surface area contributed by atoms with Crippen molar-refractivity contribution >= 4 is 40.9 Å². The third-order valence-corrected chi connectivity index (χ3v) is 3.28. The van der Waals surface area contributed by atoms with Gasteiger partial charge in [0.15, 0.2) is 0 Å². The van der Waals surface area contributed by atoms with E-state index in [4.69, 9.17) is 5.11 Å². The number of hydrogen-bond acceptors (Lipinski definition) is 6. The summed E-state index contributed by atoms with van der Waals surface area (Å²) in [6.07, 6.45) is 1.29. The number of anilines is 1. The fraction of sp³-hybridized carbons (Fsp3) is 0.167. The summed E-state index contributed by atoms with van der Waals surface area (Å²) in [6, 6.07) is -0.887. The highest BCUT2D eigenvalue weighted by molar-refractivity contribution is 7.12. The topological polar surface area (TPSA) is 122 Å². The molecule has 21 heavy (non-hydrogen) atoms. The van der Waals surface area contributed by atoms with Gasteiger partial charge in [0.05, 0.1) is 12.8 Å². The Balaban J connectivity index is 2.76. The summed E-state index contributed by atoms with van der Waals surface area (Å²) in [5.74, 6) is -2.82. The van der Waals surface area contributed by atoms with E-state index in [9.17, 15) is 19.2 Å². The van der Waals surface area contributed by atoms with Crippen LogP contribution in [0.1, 0.15) is 15.2 Å². The molecule has 3 N–H and O–H groups in total. The molecule has 0 radical (unpaired) electrons. The number of nitrogens with one attached hydrogen (secondary N) is 2. The first-order valence-electron chi connectivity index (χ1n) is 5.54. The smallest absolute Gasteiger partial charge is 0.350 e. The van der Waals surface area contributed by atoms with Crippen LogP contribution >= 0.6 is 11.3 Å². The highest BCUT2D eigenvalue weighted by Crippen LogP contribution is 2.28. The number of rotatable bonds is 4. The van der Waals surface area contributed by atoms with Gasteiger partial charge in [0.2, 0.25) is 0 Å². The molecule has 1 heterocycles. The van der Waals surface area contributed by atoms with E-state index in [1.165, 1.54) is 7.11 Å². The molecular formula is C12H12N2O6S. The van der Waals surface area contributed by atoms with E-state index in [1.54, 1.807) is 12.3 Å². The number of imide groups is 1. The molecule has 1 rings (SSSR count). The quantitative estimate of drug-likeness (QED) is 0.566. The van der Waals surface area contributed by atoms with Crippen molar-refractivity contribution in [1.29, 1.82) is 0 Å². The third kappa shape index (κ3) is 4.73. The third-order valence-electron chi connectivity index (χ3n) is 2.20. The number of aliphatic carboxylic acids is 1. The van der Waals surface area contributed by atoms with Crippen LogP contribution in [-0.4, -0.2) is 36.1 Å². The average Bonchev–Trinajstić information content (AvgIpc) is 2.77. The number of carbonyl (C=O) groups is 4. The van der Waals surface area contributed by atoms with Crippen molar-refractivity contribution < 1.29 is 29.0 Å². The molecule has 3 amide bonds. The Bertz CT molecular complexity index is 619. The largest absolute Gasteiger partial charge is 0.478 e. The molecule has 8 nitrogen and oxygen atoms in total. The maximum absolute atomic E-state index is 11.6. The van der Waals surface area contributed by atoms with Crippen LogP contribution < -0.4 is 10.6 Å². The van der Waals surface area contributed by atoms with Crippen molar-refractivity contribution in [1.82, 2.24) is 5.32 Å². The van der Waals surface area contributed by atoms with Gasteiger partial charge in [-0.25, -0.2) is 14.4 Å². The lowest BCUT2D eigenvalue weighted by Crippen LogP contribution is -2.33. The summed E-state index contributed by atoms with van der Waals surface area (Å²) in [4.78, 5) is 44.8. The van der Waals surface area contributed by atoms with E-state index >= 15 is 0 Å². The lowest BCUT2D eigenvalue weighted by atomic mass is 10.2. The Morgan fingerprint density at radius 1 is 1.29 bits per heavy atom. The minimum atomic E-state index is -1.31. The lowest BCUT2D eigenvalue weighted by molar-refractivity contribution is -0.131. The summed E-state index contributed by atoms with van der Waals surface area (Å²) in [5, 5.41) is 14.2. The molecule has 0 aliphatic rings. The molecule has 1 aromatic rings. The summed E-state index contributed by atoms with van der Waals surface area (Å²) in [6.45, 7) is 1.67. The monoisotopic (exact) mass is 312 g/mol. The predicted octanol–water partition coefficient (Wildman–Crippen LogP) is 1.13. The van der Waals surface area contributed by atoms with Crippen LogP contribution in [0, 0.1) is 6.92 Å². The van der Waals surface area contributed by atoms with E-state index in [-0.39, 0.29) is 10.6 Å². The fourth-order valence-corrected chi connectivity index (χ4v) is 2.21. The summed E-state index contributed by atoms with van der Waals surface area (Å²) in [7, 11) is 1.21. The maximum atomic E-state index is 11.6. The van der Waals surface area contributed by atoms with E-state index < -0.39 is 23.9 Å². The lowest BCUT2D eigenvalue weighted by Gasteiger charge is -2.07. The second kappa shape index (κ2) is 7.20. The van der Waals surface area contributed by atoms with Crippen molar-refractivity contribution in [3.8, 4) is 0 Å². The first-order valence-corrected chi connectivity index (χ1v) is 6.42. The first-order chi connectivity index (χ1) is 9.85. The summed E-state index contributed by atoms with van der Waals surface area (Å²) < 4.78 is 4.57. The molecule has 0 saturated heterocycles. The molecule has 0 unspecified atom stereocenters. The average molecular weight is 312 g/mol. The molecule has 9 heteroatoms. The molecular weight excluding hydrogens is 300 g/mol. The second-order valence-electron chi connectivity index (χ2n) is 3.73. The number of esters is 1. The number of carbonyl (C=O) groups excluding carboxylic acids is 3. The molecule has 112 valence electrons. The van der Waals surface area contributed by atoms with Crippen molar-refractivity contribution in [2.24, 2.45) is 0 Å². The van der Waals surface area contributed by atoms with Crippen LogP contribution in [0.15, 0.2) is 17.5 Å². The van der Waals surface area contributed by atoms with Gasteiger partial charge in [-0.3, -0.25) is 10.1 Å². The van der Waals surface area contributed by atoms with Gasteiger partial charge < -0.3 is 15.2 Å². The van der Waals surface area contributed by atoms with Crippen LogP contribution in [0.3, 0.4) is 0 Å². The normalized spacial score (nSPS) is 10.2. The van der Waals surface area contributed by atoms with Gasteiger partial charge in [0, 0.05) is 12.2 Å². The minimum absolute atomic E-state index is 0.193. The van der Waals surface area contributed by atoms with E-state index in [0.29, 0.717) is 17.7 Å². The number of carboxylic acid groups (broad SMARTS) is 1. The van der Waals surface area contributed by atoms with E-state index in [2.05, 4.69) is 10.1 Å². The molecule has 0 aliphatic heterocycles. The Kier molecular flexibility index (Phi) is 5.61. The Hall–Kier alpha value is -2.68. The number of aryl methyl sites for hydroxylation is 1. The SMILES string of the molecule is COC(=O)c1scc(C)c1NC(=O)NC(=O)/C=C/C(=O)O. The van der Waals surface area contributed by atoms with Gasteiger partial charge >= 0.3 is 18.0 Å². The van der Waals surface area contributed by atoms with Crippen molar-refractivity contribution in [2.45, 2.75) is 6.92 Å². The number of methoxy groups -OCH3 is 1. The Morgan fingerprint density at radius 2 is 1.95 bits per heavy atom. The fourth-order valence-electron chi connectivity index (χ4n) is 1.29. The Labute approximate surface area is 123 Å². The zero-order valence-corrected chi connectivity index (χ0v) is 11.9. The number of urea groups is 1. The zero-order valence-electron chi connectivity index (χ0n) is 11.1. The van der Waals surface area contributed by atoms with Gasteiger partial charge in [0.25, 0.3) is 5.91 Å². The molecule has 0 atom stereocenters. The van der Waals surface area contributed by atoms with Crippen LogP contribution in [0.4, 0.5) is 10.5 Å². The van der Waals surface area contributed by atoms with Crippen LogP contribution in [0.2, 0.25) is 0 Å². The number of ether oxygens (including phenoxy) is 1. The van der Waals surface area contributed by atoms with Crippen LogP contribution in [-0.2, 0) is 14.3 Å². The molecule has 0 aliphatic carbocycles. The predicted molar refractivity (Wildman–Crippen MR) is 74.3 cm³/mol. The highest BCUT2D eigenvalue weighted by atomic mass is 32.1. The van der Waals surface area contributed by atoms with Crippen molar-refractivity contribution in [3.05, 3.63) is 28.0 Å². The van der Waals surface area contributed by atoms with E-state index in [1.807, 2.05) is 5.32 Å². The van der Waals surface area contributed by atoms with Crippen LogP contribution in [0.25, 0.3) is 0 Å².